The van der Waals surface area contributed by atoms with E-state index in [1.165, 1.54) is 22.9 Å². The minimum Gasteiger partial charge on any atom is -0.497 e. The molecule has 0 unspecified atom stereocenters. The number of hydrogen-bond acceptors (Lipinski definition) is 6. The Balaban J connectivity index is 1.62. The van der Waals surface area contributed by atoms with Gasteiger partial charge in [0.15, 0.2) is 5.76 Å². The van der Waals surface area contributed by atoms with Gasteiger partial charge in [-0.25, -0.2) is 4.98 Å². The first-order valence-corrected chi connectivity index (χ1v) is 9.67. The number of benzene rings is 2. The van der Waals surface area contributed by atoms with Crippen LogP contribution in [0.3, 0.4) is 0 Å². The zero-order valence-electron chi connectivity index (χ0n) is 16.2. The summed E-state index contributed by atoms with van der Waals surface area (Å²) in [7, 11) is 3.12. The molecule has 0 fully saturated rings. The normalized spacial score (nSPS) is 10.6. The third-order valence-electron chi connectivity index (χ3n) is 4.28. The molecule has 0 bridgehead atoms. The van der Waals surface area contributed by atoms with Gasteiger partial charge < -0.3 is 19.2 Å². The van der Waals surface area contributed by atoms with Gasteiger partial charge in [-0.3, -0.25) is 4.79 Å². The number of anilines is 1. The average Bonchev–Trinajstić information content (AvgIpc) is 3.17. The molecular formula is C21H22N2O4S. The molecule has 0 saturated heterocycles. The van der Waals surface area contributed by atoms with Crippen LogP contribution in [-0.4, -0.2) is 30.9 Å². The number of oxazole rings is 1. The van der Waals surface area contributed by atoms with E-state index in [9.17, 15) is 4.79 Å². The summed E-state index contributed by atoms with van der Waals surface area (Å²) in [6, 6.07) is 11.3. The maximum Gasteiger partial charge on any atom is 0.256 e. The van der Waals surface area contributed by atoms with Crippen LogP contribution in [0, 0.1) is 13.8 Å². The van der Waals surface area contributed by atoms with Crippen LogP contribution in [-0.2, 0) is 4.79 Å². The number of nitrogens with zero attached hydrogens (tertiary/aromatic N) is 1. The molecule has 0 aliphatic heterocycles. The minimum atomic E-state index is -0.192. The van der Waals surface area contributed by atoms with Gasteiger partial charge in [-0.2, -0.15) is 0 Å². The lowest BCUT2D eigenvalue weighted by Crippen LogP contribution is -2.14. The van der Waals surface area contributed by atoms with Gasteiger partial charge in [-0.05, 0) is 43.2 Å². The first-order valence-electron chi connectivity index (χ1n) is 8.68. The number of aryl methyl sites for hydroxylation is 2. The Bertz CT molecular complexity index is 984. The highest BCUT2D eigenvalue weighted by atomic mass is 32.2. The number of ether oxygens (including phenoxy) is 2. The van der Waals surface area contributed by atoms with Crippen molar-refractivity contribution in [1.82, 2.24) is 4.98 Å². The molecular weight excluding hydrogens is 376 g/mol. The highest BCUT2D eigenvalue weighted by Crippen LogP contribution is 2.30. The Morgan fingerprint density at radius 2 is 1.93 bits per heavy atom. The number of nitrogens with one attached hydrogen (secondary N) is 1. The molecule has 0 aliphatic rings. The molecule has 3 rings (SSSR count). The monoisotopic (exact) mass is 398 g/mol. The van der Waals surface area contributed by atoms with E-state index in [2.05, 4.69) is 36.3 Å². The van der Waals surface area contributed by atoms with Crippen LogP contribution in [0.1, 0.15) is 11.1 Å². The zero-order chi connectivity index (χ0) is 20.1. The number of amides is 1. The molecule has 0 saturated carbocycles. The number of carbonyl (C=O) groups is 1. The van der Waals surface area contributed by atoms with Gasteiger partial charge >= 0.3 is 0 Å². The summed E-state index contributed by atoms with van der Waals surface area (Å²) in [5, 5.41) is 3.27. The van der Waals surface area contributed by atoms with Gasteiger partial charge in [0.1, 0.15) is 11.5 Å². The summed E-state index contributed by atoms with van der Waals surface area (Å²) in [5.74, 6) is 1.84. The van der Waals surface area contributed by atoms with Crippen molar-refractivity contribution in [3.8, 4) is 22.8 Å². The van der Waals surface area contributed by atoms with E-state index in [0.29, 0.717) is 28.2 Å². The van der Waals surface area contributed by atoms with Crippen LogP contribution in [0.15, 0.2) is 52.2 Å². The zero-order valence-corrected chi connectivity index (χ0v) is 17.1. The van der Waals surface area contributed by atoms with E-state index in [1.54, 1.807) is 38.6 Å². The van der Waals surface area contributed by atoms with Crippen LogP contribution in [0.25, 0.3) is 11.3 Å². The van der Waals surface area contributed by atoms with Crippen LogP contribution in [0.4, 0.5) is 5.69 Å². The summed E-state index contributed by atoms with van der Waals surface area (Å²) in [6.07, 6.45) is 1.68. The standard InChI is InChI=1S/C21H22N2O4S/c1-13-5-6-15(9-14(13)2)19-11-22-21(27-19)28-12-20(24)23-17-10-16(25-3)7-8-18(17)26-4/h5-11H,12H2,1-4H3,(H,23,24). The second kappa shape index (κ2) is 8.84. The van der Waals surface area contributed by atoms with Crippen LogP contribution in [0.2, 0.25) is 0 Å². The van der Waals surface area contributed by atoms with E-state index in [4.69, 9.17) is 13.9 Å². The molecule has 2 aromatic carbocycles. The van der Waals surface area contributed by atoms with Crippen molar-refractivity contribution in [2.75, 3.05) is 25.3 Å². The molecule has 0 atom stereocenters. The van der Waals surface area contributed by atoms with Crippen LogP contribution >= 0.6 is 11.8 Å². The van der Waals surface area contributed by atoms with E-state index in [-0.39, 0.29) is 11.7 Å². The third-order valence-corrected chi connectivity index (χ3v) is 5.13. The smallest absolute Gasteiger partial charge is 0.256 e. The molecule has 1 amide bonds. The Labute approximate surface area is 168 Å². The maximum atomic E-state index is 12.3. The highest BCUT2D eigenvalue weighted by Gasteiger charge is 2.13. The topological polar surface area (TPSA) is 73.6 Å². The first kappa shape index (κ1) is 19.8. The van der Waals surface area contributed by atoms with E-state index in [1.807, 2.05) is 6.07 Å². The first-order chi connectivity index (χ1) is 13.5. The quantitative estimate of drug-likeness (QED) is 0.581. The van der Waals surface area contributed by atoms with Gasteiger partial charge in [0.2, 0.25) is 5.91 Å². The Hall–Kier alpha value is -2.93. The molecule has 0 radical (unpaired) electrons. The van der Waals surface area contributed by atoms with Gasteiger partial charge in [0, 0.05) is 11.6 Å². The van der Waals surface area contributed by atoms with Crippen molar-refractivity contribution in [2.24, 2.45) is 0 Å². The maximum absolute atomic E-state index is 12.3. The van der Waals surface area contributed by atoms with Crippen molar-refractivity contribution in [2.45, 2.75) is 19.1 Å². The Kier molecular flexibility index (Phi) is 6.26. The predicted octanol–water partition coefficient (Wildman–Crippen LogP) is 4.71. The molecule has 6 nitrogen and oxygen atoms in total. The lowest BCUT2D eigenvalue weighted by molar-refractivity contribution is -0.113. The van der Waals surface area contributed by atoms with Crippen molar-refractivity contribution < 1.29 is 18.7 Å². The summed E-state index contributed by atoms with van der Waals surface area (Å²) in [5.41, 5.74) is 3.93. The average molecular weight is 398 g/mol. The fraction of sp³-hybridized carbons (Fsp3) is 0.238. The van der Waals surface area contributed by atoms with Gasteiger partial charge in [-0.1, -0.05) is 23.9 Å². The number of rotatable bonds is 7. The van der Waals surface area contributed by atoms with Crippen molar-refractivity contribution in [3.05, 3.63) is 53.7 Å². The van der Waals surface area contributed by atoms with Crippen LogP contribution < -0.4 is 14.8 Å². The second-order valence-corrected chi connectivity index (χ2v) is 7.12. The summed E-state index contributed by atoms with van der Waals surface area (Å²) < 4.78 is 16.2. The van der Waals surface area contributed by atoms with Crippen molar-refractivity contribution in [3.63, 3.8) is 0 Å². The molecule has 0 spiro atoms. The lowest BCUT2D eigenvalue weighted by Gasteiger charge is -2.11. The van der Waals surface area contributed by atoms with Crippen molar-refractivity contribution in [1.29, 1.82) is 0 Å². The molecule has 28 heavy (non-hydrogen) atoms. The molecule has 146 valence electrons. The minimum absolute atomic E-state index is 0.160. The summed E-state index contributed by atoms with van der Waals surface area (Å²) in [4.78, 5) is 16.6. The largest absolute Gasteiger partial charge is 0.497 e. The number of carbonyl (C=O) groups excluding carboxylic acids is 1. The number of hydrogen-bond donors (Lipinski definition) is 1. The number of aromatic nitrogens is 1. The predicted molar refractivity (Wildman–Crippen MR) is 110 cm³/mol. The fourth-order valence-electron chi connectivity index (χ4n) is 2.58. The summed E-state index contributed by atoms with van der Waals surface area (Å²) >= 11 is 1.23. The molecule has 1 aromatic heterocycles. The molecule has 0 aliphatic carbocycles. The highest BCUT2D eigenvalue weighted by molar-refractivity contribution is 7.99. The summed E-state index contributed by atoms with van der Waals surface area (Å²) in [6.45, 7) is 4.12. The Morgan fingerprint density at radius 3 is 2.64 bits per heavy atom. The van der Waals surface area contributed by atoms with E-state index in [0.717, 1.165) is 5.56 Å². The van der Waals surface area contributed by atoms with Gasteiger partial charge in [0.25, 0.3) is 5.22 Å². The Morgan fingerprint density at radius 1 is 1.11 bits per heavy atom. The number of thioether (sulfide) groups is 1. The van der Waals surface area contributed by atoms with E-state index >= 15 is 0 Å². The molecule has 1 N–H and O–H groups in total. The SMILES string of the molecule is COc1ccc(OC)c(NC(=O)CSc2ncc(-c3ccc(C)c(C)c3)o2)c1. The fourth-order valence-corrected chi connectivity index (χ4v) is 3.18. The third kappa shape index (κ3) is 4.67. The lowest BCUT2D eigenvalue weighted by atomic mass is 10.1. The van der Waals surface area contributed by atoms with E-state index < -0.39 is 0 Å². The second-order valence-electron chi connectivity index (χ2n) is 6.19. The molecule has 7 heteroatoms. The van der Waals surface area contributed by atoms with Gasteiger partial charge in [-0.15, -0.1) is 0 Å². The number of methoxy groups -OCH3 is 2. The molecule has 1 heterocycles. The van der Waals surface area contributed by atoms with Gasteiger partial charge in [0.05, 0.1) is 31.9 Å². The van der Waals surface area contributed by atoms with Crippen molar-refractivity contribution >= 4 is 23.4 Å². The van der Waals surface area contributed by atoms with Crippen LogP contribution in [0.5, 0.6) is 11.5 Å². The molecule has 3 aromatic rings.